The highest BCUT2D eigenvalue weighted by Crippen LogP contribution is 2.17. The molecule has 1 atom stereocenters. The second-order valence-corrected chi connectivity index (χ2v) is 8.50. The van der Waals surface area contributed by atoms with E-state index < -0.39 is 12.0 Å². The van der Waals surface area contributed by atoms with E-state index in [9.17, 15) is 14.4 Å². The van der Waals surface area contributed by atoms with E-state index in [1.54, 1.807) is 18.2 Å². The van der Waals surface area contributed by atoms with Gasteiger partial charge in [0.1, 0.15) is 6.04 Å². The van der Waals surface area contributed by atoms with Crippen LogP contribution in [0.25, 0.3) is 6.08 Å². The Bertz CT molecular complexity index is 781. The topological polar surface area (TPSA) is 75.7 Å². The third-order valence-electron chi connectivity index (χ3n) is 5.55. The maximum absolute atomic E-state index is 12.7. The molecule has 1 aromatic rings. The second-order valence-electron chi connectivity index (χ2n) is 8.09. The molecule has 1 fully saturated rings. The Morgan fingerprint density at radius 3 is 2.53 bits per heavy atom. The van der Waals surface area contributed by atoms with Gasteiger partial charge in [0.15, 0.2) is 0 Å². The molecule has 32 heavy (non-hydrogen) atoms. The number of piperazine rings is 1. The summed E-state index contributed by atoms with van der Waals surface area (Å²) >= 11 is 6.12. The molecule has 1 aliphatic rings. The molecule has 0 bridgehead atoms. The number of nitrogens with zero attached hydrogens (tertiary/aromatic N) is 1. The lowest BCUT2D eigenvalue weighted by atomic mass is 10.1. The van der Waals surface area contributed by atoms with Gasteiger partial charge in [-0.25, -0.2) is 0 Å². The average Bonchev–Trinajstić information content (AvgIpc) is 2.78. The molecule has 6 nitrogen and oxygen atoms in total. The maximum atomic E-state index is 12.7. The molecule has 0 radical (unpaired) electrons. The Labute approximate surface area is 196 Å². The molecular formula is C25H35ClN2O4. The molecule has 0 saturated carbocycles. The van der Waals surface area contributed by atoms with E-state index in [0.717, 1.165) is 19.3 Å². The molecule has 1 saturated heterocycles. The largest absolute Gasteiger partial charge is 0.466 e. The van der Waals surface area contributed by atoms with Gasteiger partial charge in [-0.15, -0.1) is 0 Å². The summed E-state index contributed by atoms with van der Waals surface area (Å²) in [7, 11) is 0. The van der Waals surface area contributed by atoms with Crippen LogP contribution in [-0.4, -0.2) is 48.4 Å². The number of amides is 2. The van der Waals surface area contributed by atoms with Gasteiger partial charge in [0.2, 0.25) is 11.8 Å². The summed E-state index contributed by atoms with van der Waals surface area (Å²) < 4.78 is 5.32. The van der Waals surface area contributed by atoms with Gasteiger partial charge >= 0.3 is 5.97 Å². The number of benzene rings is 1. The number of ether oxygens (including phenoxy) is 1. The number of nitrogens with one attached hydrogen (secondary N) is 1. The standard InChI is InChI=1S/C25H35ClN2O4/c1-2-3-4-5-6-7-8-11-18-32-24(30)19-22-25(31)27-16-17-28(22)23(29)15-14-20-12-9-10-13-21(20)26/h9-10,12-15,22H,2-8,11,16-19H2,1H3,(H,27,31)/b15-14+. The minimum absolute atomic E-state index is 0.144. The zero-order chi connectivity index (χ0) is 23.2. The quantitative estimate of drug-likeness (QED) is 0.260. The first kappa shape index (κ1) is 25.9. The van der Waals surface area contributed by atoms with Crippen LogP contribution in [0.3, 0.4) is 0 Å². The molecule has 1 aliphatic heterocycles. The summed E-state index contributed by atoms with van der Waals surface area (Å²) in [5.74, 6) is -1.12. The smallest absolute Gasteiger partial charge is 0.308 e. The Balaban J connectivity index is 1.77. The normalized spacial score (nSPS) is 16.2. The Morgan fingerprint density at radius 1 is 1.12 bits per heavy atom. The highest BCUT2D eigenvalue weighted by atomic mass is 35.5. The predicted molar refractivity (Wildman–Crippen MR) is 127 cm³/mol. The molecule has 0 aliphatic carbocycles. The van der Waals surface area contributed by atoms with Gasteiger partial charge in [0, 0.05) is 24.2 Å². The molecule has 1 unspecified atom stereocenters. The lowest BCUT2D eigenvalue weighted by molar-refractivity contribution is -0.150. The number of hydrogen-bond acceptors (Lipinski definition) is 4. The van der Waals surface area contributed by atoms with Crippen LogP contribution in [0.1, 0.15) is 70.3 Å². The summed E-state index contributed by atoms with van der Waals surface area (Å²) in [6, 6.07) is 6.32. The fraction of sp³-hybridized carbons (Fsp3) is 0.560. The molecule has 0 aromatic heterocycles. The minimum atomic E-state index is -0.863. The third-order valence-corrected chi connectivity index (χ3v) is 5.89. The van der Waals surface area contributed by atoms with Crippen molar-refractivity contribution in [2.75, 3.05) is 19.7 Å². The molecule has 7 heteroatoms. The monoisotopic (exact) mass is 462 g/mol. The van der Waals surface area contributed by atoms with Crippen LogP contribution in [0.5, 0.6) is 0 Å². The van der Waals surface area contributed by atoms with E-state index in [0.29, 0.717) is 30.3 Å². The number of carbonyl (C=O) groups excluding carboxylic acids is 3. The van der Waals surface area contributed by atoms with Crippen molar-refractivity contribution in [3.05, 3.63) is 40.9 Å². The molecular weight excluding hydrogens is 428 g/mol. The van der Waals surface area contributed by atoms with E-state index >= 15 is 0 Å². The van der Waals surface area contributed by atoms with Crippen LogP contribution in [0.2, 0.25) is 5.02 Å². The number of unbranched alkanes of at least 4 members (excludes halogenated alkanes) is 7. The SMILES string of the molecule is CCCCCCCCCCOC(=O)CC1C(=O)NCCN1C(=O)/C=C/c1ccccc1Cl. The third kappa shape index (κ3) is 9.03. The van der Waals surface area contributed by atoms with Gasteiger partial charge in [-0.1, -0.05) is 81.7 Å². The number of carbonyl (C=O) groups is 3. The Kier molecular flexibility index (Phi) is 11.9. The lowest BCUT2D eigenvalue weighted by Gasteiger charge is -2.33. The van der Waals surface area contributed by atoms with E-state index in [-0.39, 0.29) is 18.2 Å². The van der Waals surface area contributed by atoms with Crippen molar-refractivity contribution in [3.63, 3.8) is 0 Å². The summed E-state index contributed by atoms with van der Waals surface area (Å²) in [6.45, 7) is 3.25. The van der Waals surface area contributed by atoms with Crippen molar-refractivity contribution in [2.24, 2.45) is 0 Å². The molecule has 1 heterocycles. The fourth-order valence-electron chi connectivity index (χ4n) is 3.69. The lowest BCUT2D eigenvalue weighted by Crippen LogP contribution is -2.57. The van der Waals surface area contributed by atoms with Crippen molar-refractivity contribution < 1.29 is 19.1 Å². The van der Waals surface area contributed by atoms with Crippen LogP contribution >= 0.6 is 11.6 Å². The van der Waals surface area contributed by atoms with Gasteiger partial charge in [-0.3, -0.25) is 14.4 Å². The first-order valence-corrected chi connectivity index (χ1v) is 12.1. The van der Waals surface area contributed by atoms with Gasteiger partial charge in [0.25, 0.3) is 0 Å². The van der Waals surface area contributed by atoms with Gasteiger partial charge in [-0.2, -0.15) is 0 Å². The van der Waals surface area contributed by atoms with Crippen molar-refractivity contribution in [1.82, 2.24) is 10.2 Å². The molecule has 0 spiro atoms. The van der Waals surface area contributed by atoms with Crippen LogP contribution in [0.15, 0.2) is 30.3 Å². The zero-order valence-electron chi connectivity index (χ0n) is 19.0. The highest BCUT2D eigenvalue weighted by molar-refractivity contribution is 6.32. The number of halogens is 1. The van der Waals surface area contributed by atoms with Crippen molar-refractivity contribution >= 4 is 35.5 Å². The van der Waals surface area contributed by atoms with E-state index in [4.69, 9.17) is 16.3 Å². The first-order chi connectivity index (χ1) is 15.5. The zero-order valence-corrected chi connectivity index (χ0v) is 19.7. The van der Waals surface area contributed by atoms with E-state index in [2.05, 4.69) is 12.2 Å². The number of esters is 1. The Morgan fingerprint density at radius 2 is 1.81 bits per heavy atom. The number of rotatable bonds is 13. The van der Waals surface area contributed by atoms with E-state index in [1.165, 1.54) is 43.1 Å². The van der Waals surface area contributed by atoms with Gasteiger partial charge < -0.3 is 15.0 Å². The van der Waals surface area contributed by atoms with Gasteiger partial charge in [0.05, 0.1) is 13.0 Å². The van der Waals surface area contributed by atoms with Crippen LogP contribution in [0, 0.1) is 0 Å². The molecule has 1 N–H and O–H groups in total. The van der Waals surface area contributed by atoms with E-state index in [1.807, 2.05) is 12.1 Å². The molecule has 2 amide bonds. The summed E-state index contributed by atoms with van der Waals surface area (Å²) in [5, 5.41) is 3.26. The average molecular weight is 463 g/mol. The molecule has 176 valence electrons. The molecule has 1 aromatic carbocycles. The fourth-order valence-corrected chi connectivity index (χ4v) is 3.89. The van der Waals surface area contributed by atoms with Crippen molar-refractivity contribution in [3.8, 4) is 0 Å². The predicted octanol–water partition coefficient (Wildman–Crippen LogP) is 4.75. The summed E-state index contributed by atoms with van der Waals surface area (Å²) in [5.41, 5.74) is 0.713. The second kappa shape index (κ2) is 14.7. The summed E-state index contributed by atoms with van der Waals surface area (Å²) in [6.07, 6.45) is 12.2. The van der Waals surface area contributed by atoms with Crippen LogP contribution in [0.4, 0.5) is 0 Å². The maximum Gasteiger partial charge on any atom is 0.308 e. The Hall–Kier alpha value is -2.34. The van der Waals surface area contributed by atoms with Crippen molar-refractivity contribution in [2.45, 2.75) is 70.8 Å². The number of hydrogen-bond donors (Lipinski definition) is 1. The van der Waals surface area contributed by atoms with Gasteiger partial charge in [-0.05, 0) is 24.1 Å². The van der Waals surface area contributed by atoms with Crippen LogP contribution in [-0.2, 0) is 19.1 Å². The first-order valence-electron chi connectivity index (χ1n) is 11.7. The van der Waals surface area contributed by atoms with Crippen molar-refractivity contribution in [1.29, 1.82) is 0 Å². The van der Waals surface area contributed by atoms with Crippen LogP contribution < -0.4 is 5.32 Å². The summed E-state index contributed by atoms with van der Waals surface area (Å²) in [4.78, 5) is 38.7. The highest BCUT2D eigenvalue weighted by Gasteiger charge is 2.34. The minimum Gasteiger partial charge on any atom is -0.466 e. The molecule has 2 rings (SSSR count).